The van der Waals surface area contributed by atoms with Crippen molar-refractivity contribution in [1.82, 2.24) is 15.0 Å². The third-order valence-electron chi connectivity index (χ3n) is 5.52. The van der Waals surface area contributed by atoms with Crippen LogP contribution in [0.5, 0.6) is 5.88 Å². The van der Waals surface area contributed by atoms with E-state index < -0.39 is 35.2 Å². The van der Waals surface area contributed by atoms with Crippen LogP contribution >= 0.6 is 11.8 Å². The monoisotopic (exact) mass is 580 g/mol. The highest BCUT2D eigenvalue weighted by Gasteiger charge is 2.43. The van der Waals surface area contributed by atoms with E-state index >= 15 is 0 Å². The van der Waals surface area contributed by atoms with Crippen molar-refractivity contribution >= 4 is 23.0 Å². The Bertz CT molecular complexity index is 1500. The van der Waals surface area contributed by atoms with Crippen LogP contribution < -0.4 is 10.5 Å². The fraction of sp³-hybridized carbons (Fsp3) is 0.154. The van der Waals surface area contributed by atoms with Gasteiger partial charge in [-0.2, -0.15) is 31.3 Å². The minimum absolute atomic E-state index is 0.0175. The summed E-state index contributed by atoms with van der Waals surface area (Å²) in [5.41, 5.74) is 5.41. The molecule has 2 heterocycles. The summed E-state index contributed by atoms with van der Waals surface area (Å²) in [7, 11) is 0. The minimum atomic E-state index is -4.92. The van der Waals surface area contributed by atoms with Crippen LogP contribution in [-0.2, 0) is 11.9 Å². The number of halogens is 6. The molecule has 7 nitrogen and oxygen atoms in total. The summed E-state index contributed by atoms with van der Waals surface area (Å²) in [4.78, 5) is 22.2. The van der Waals surface area contributed by atoms with Crippen LogP contribution in [0, 0.1) is 0 Å². The summed E-state index contributed by atoms with van der Waals surface area (Å²) in [6.07, 6.45) is -10.2. The summed E-state index contributed by atoms with van der Waals surface area (Å²) in [5, 5.41) is 7.74. The van der Waals surface area contributed by atoms with Crippen molar-refractivity contribution in [1.29, 1.82) is 0 Å². The summed E-state index contributed by atoms with van der Waals surface area (Å²) in [6.45, 7) is 0. The number of aromatic nitrogens is 3. The zero-order valence-corrected chi connectivity index (χ0v) is 20.9. The summed E-state index contributed by atoms with van der Waals surface area (Å²) < 4.78 is 87.4. The maximum absolute atomic E-state index is 14.0. The molecule has 0 fully saturated rings. The Hall–Kier alpha value is -4.33. The van der Waals surface area contributed by atoms with Crippen molar-refractivity contribution < 1.29 is 41.0 Å². The molecule has 0 aliphatic heterocycles. The molecule has 0 radical (unpaired) electrons. The van der Waals surface area contributed by atoms with Gasteiger partial charge < -0.3 is 15.6 Å². The van der Waals surface area contributed by atoms with Crippen molar-refractivity contribution in [2.24, 2.45) is 0 Å². The zero-order chi connectivity index (χ0) is 29.1. The Morgan fingerprint density at radius 3 is 2.20 bits per heavy atom. The van der Waals surface area contributed by atoms with Crippen LogP contribution in [0.1, 0.15) is 22.8 Å². The quantitative estimate of drug-likeness (QED) is 0.218. The van der Waals surface area contributed by atoms with Gasteiger partial charge in [-0.3, -0.25) is 4.98 Å². The molecule has 1 unspecified atom stereocenters. The fourth-order valence-corrected chi connectivity index (χ4v) is 4.20. The van der Waals surface area contributed by atoms with E-state index in [1.807, 2.05) is 0 Å². The molecule has 2 aromatic carbocycles. The number of hydrogen-bond acceptors (Lipinski definition) is 7. The molecule has 208 valence electrons. The molecule has 40 heavy (non-hydrogen) atoms. The van der Waals surface area contributed by atoms with Gasteiger partial charge >= 0.3 is 17.7 Å². The number of hydrogen-bond donors (Lipinski definition) is 2. The van der Waals surface area contributed by atoms with Gasteiger partial charge in [0.2, 0.25) is 17.9 Å². The Labute approximate surface area is 227 Å². The number of thioether (sulfide) groups is 1. The number of alkyl halides is 6. The van der Waals surface area contributed by atoms with Gasteiger partial charge in [0.15, 0.2) is 0 Å². The average molecular weight is 581 g/mol. The summed E-state index contributed by atoms with van der Waals surface area (Å²) >= 11 is 0.691. The molecule has 4 rings (SSSR count). The Morgan fingerprint density at radius 2 is 1.60 bits per heavy atom. The molecule has 2 aromatic heterocycles. The van der Waals surface area contributed by atoms with Crippen LogP contribution in [0.3, 0.4) is 0 Å². The molecule has 4 aromatic rings. The van der Waals surface area contributed by atoms with Crippen LogP contribution in [-0.4, -0.2) is 31.5 Å². The largest absolute Gasteiger partial charge is 0.473 e. The highest BCUT2D eigenvalue weighted by Crippen LogP contribution is 2.40. The predicted molar refractivity (Wildman–Crippen MR) is 135 cm³/mol. The number of nitrogen functional groups attached to an aromatic ring is 1. The number of nitrogens with zero attached hydrogens (tertiary/aromatic N) is 3. The average Bonchev–Trinajstić information content (AvgIpc) is 2.89. The highest BCUT2D eigenvalue weighted by molar-refractivity contribution is 8.12. The molecule has 0 spiro atoms. The van der Waals surface area contributed by atoms with E-state index in [1.54, 1.807) is 24.3 Å². The molecule has 1 atom stereocenters. The molecule has 0 aliphatic carbocycles. The van der Waals surface area contributed by atoms with Gasteiger partial charge in [0.25, 0.3) is 0 Å². The van der Waals surface area contributed by atoms with E-state index in [0.717, 1.165) is 48.8 Å². The smallest absolute Gasteiger partial charge is 0.429 e. The molecular formula is C26H18F6N4O3S. The fourth-order valence-electron chi connectivity index (χ4n) is 3.72. The first kappa shape index (κ1) is 28.7. The molecule has 0 saturated carbocycles. The van der Waals surface area contributed by atoms with Crippen molar-refractivity contribution in [2.45, 2.75) is 24.2 Å². The molecule has 0 aliphatic rings. The lowest BCUT2D eigenvalue weighted by Crippen LogP contribution is -2.26. The first-order chi connectivity index (χ1) is 18.8. The van der Waals surface area contributed by atoms with E-state index in [-0.39, 0.29) is 34.1 Å². The first-order valence-electron chi connectivity index (χ1n) is 11.3. The van der Waals surface area contributed by atoms with Crippen LogP contribution in [0.25, 0.3) is 22.4 Å². The summed E-state index contributed by atoms with van der Waals surface area (Å²) in [5.74, 6) is -0.628. The number of rotatable bonds is 7. The molecule has 0 bridgehead atoms. The van der Waals surface area contributed by atoms with Crippen molar-refractivity contribution in [3.63, 3.8) is 0 Å². The summed E-state index contributed by atoms with van der Waals surface area (Å²) in [6, 6.07) is 12.7. The number of benzene rings is 2. The van der Waals surface area contributed by atoms with Crippen molar-refractivity contribution in [3.05, 3.63) is 89.7 Å². The lowest BCUT2D eigenvalue weighted by Gasteiger charge is -2.22. The third kappa shape index (κ3) is 7.00. The number of anilines is 1. The van der Waals surface area contributed by atoms with Gasteiger partial charge in [-0.05, 0) is 29.0 Å². The second kappa shape index (κ2) is 11.4. The number of carboxylic acid groups (broad SMARTS) is 1. The molecule has 3 N–H and O–H groups in total. The molecule has 0 amide bonds. The molecular weight excluding hydrogens is 562 g/mol. The van der Waals surface area contributed by atoms with E-state index in [4.69, 9.17) is 15.6 Å². The third-order valence-corrected chi connectivity index (χ3v) is 6.24. The van der Waals surface area contributed by atoms with Gasteiger partial charge in [0.1, 0.15) is 0 Å². The molecule has 14 heteroatoms. The second-order valence-electron chi connectivity index (χ2n) is 8.28. The topological polar surface area (TPSA) is 111 Å². The van der Waals surface area contributed by atoms with Gasteiger partial charge in [0.05, 0.1) is 11.3 Å². The molecule has 0 saturated heterocycles. The number of nitrogens with two attached hydrogens (primary N) is 1. The standard InChI is InChI=1S/C26H18F6N4O3S/c27-25(28,29)19-9-10-34-12-18(19)15-5-7-17(8-6-15)22(26(30,31)32)39-21-11-20(35-23(33)36-21)16-3-1-14(2-4-16)13-40-24(37)38/h1-12,22H,13H2,(H,37,38)(H2,33,35,36). The van der Waals surface area contributed by atoms with Gasteiger partial charge in [-0.15, -0.1) is 0 Å². The first-order valence-corrected chi connectivity index (χ1v) is 12.2. The Morgan fingerprint density at radius 1 is 0.950 bits per heavy atom. The van der Waals surface area contributed by atoms with E-state index in [1.165, 1.54) is 0 Å². The van der Waals surface area contributed by atoms with Crippen LogP contribution in [0.4, 0.5) is 37.1 Å². The highest BCUT2D eigenvalue weighted by atomic mass is 32.2. The van der Waals surface area contributed by atoms with Crippen LogP contribution in [0.2, 0.25) is 0 Å². The van der Waals surface area contributed by atoms with Crippen molar-refractivity contribution in [2.75, 3.05) is 5.73 Å². The minimum Gasteiger partial charge on any atom is -0.473 e. The Balaban J connectivity index is 1.61. The van der Waals surface area contributed by atoms with Gasteiger partial charge in [0, 0.05) is 40.9 Å². The number of carbonyl (C=O) groups is 1. The normalized spacial score (nSPS) is 12.7. The van der Waals surface area contributed by atoms with Gasteiger partial charge in [-0.1, -0.05) is 48.5 Å². The van der Waals surface area contributed by atoms with Crippen molar-refractivity contribution in [3.8, 4) is 28.3 Å². The predicted octanol–water partition coefficient (Wildman–Crippen LogP) is 7.40. The lowest BCUT2D eigenvalue weighted by molar-refractivity contribution is -0.198. The number of pyridine rings is 1. The maximum Gasteiger partial charge on any atom is 0.429 e. The maximum atomic E-state index is 14.0. The van der Waals surface area contributed by atoms with E-state index in [9.17, 15) is 31.1 Å². The zero-order valence-electron chi connectivity index (χ0n) is 20.1. The SMILES string of the molecule is Nc1nc(OC(c2ccc(-c3cnccc3C(F)(F)F)cc2)C(F)(F)F)cc(-c2ccc(CSC(=O)O)cc2)n1. The van der Waals surface area contributed by atoms with E-state index in [2.05, 4.69) is 15.0 Å². The van der Waals surface area contributed by atoms with Gasteiger partial charge in [-0.25, -0.2) is 9.78 Å². The Kier molecular flexibility index (Phi) is 8.18. The van der Waals surface area contributed by atoms with Crippen LogP contribution in [0.15, 0.2) is 73.1 Å². The lowest BCUT2D eigenvalue weighted by atomic mass is 9.99. The van der Waals surface area contributed by atoms with E-state index in [0.29, 0.717) is 22.9 Å². The second-order valence-corrected chi connectivity index (χ2v) is 9.21. The number of ether oxygens (including phenoxy) is 1.